The average molecular weight is 437 g/mol. The second-order valence-electron chi connectivity index (χ2n) is 9.10. The van der Waals surface area contributed by atoms with Crippen LogP contribution in [0.4, 0.5) is 8.78 Å². The SMILES string of the molecule is CCCC=CCCc1ccc(C2CC=C(c3ccc(CCCCC)c(F)c3F)CC2)cc1. The lowest BCUT2D eigenvalue weighted by Gasteiger charge is -2.23. The Kier molecular flexibility index (Phi) is 9.71. The molecule has 2 heteroatoms. The molecular formula is C30H38F2. The topological polar surface area (TPSA) is 0 Å². The van der Waals surface area contributed by atoms with Gasteiger partial charge < -0.3 is 0 Å². The molecule has 172 valence electrons. The maximum Gasteiger partial charge on any atom is 0.166 e. The highest BCUT2D eigenvalue weighted by Crippen LogP contribution is 2.37. The van der Waals surface area contributed by atoms with E-state index < -0.39 is 11.6 Å². The van der Waals surface area contributed by atoms with Crippen molar-refractivity contribution in [3.05, 3.63) is 88.5 Å². The molecule has 0 amide bonds. The van der Waals surface area contributed by atoms with Crippen molar-refractivity contribution in [1.82, 2.24) is 0 Å². The molecule has 0 saturated heterocycles. The van der Waals surface area contributed by atoms with Crippen molar-refractivity contribution in [2.75, 3.05) is 0 Å². The molecule has 1 atom stereocenters. The highest BCUT2D eigenvalue weighted by molar-refractivity contribution is 5.67. The summed E-state index contributed by atoms with van der Waals surface area (Å²) in [5, 5.41) is 0. The third-order valence-electron chi connectivity index (χ3n) is 6.64. The van der Waals surface area contributed by atoms with Crippen LogP contribution in [0.5, 0.6) is 0 Å². The van der Waals surface area contributed by atoms with Crippen LogP contribution < -0.4 is 0 Å². The second kappa shape index (κ2) is 12.7. The van der Waals surface area contributed by atoms with E-state index in [1.807, 2.05) is 0 Å². The lowest BCUT2D eigenvalue weighted by Crippen LogP contribution is -2.06. The molecule has 32 heavy (non-hydrogen) atoms. The maximum absolute atomic E-state index is 14.8. The Hall–Kier alpha value is -2.22. The Morgan fingerprint density at radius 3 is 2.31 bits per heavy atom. The van der Waals surface area contributed by atoms with Gasteiger partial charge in [0.25, 0.3) is 0 Å². The van der Waals surface area contributed by atoms with Gasteiger partial charge in [-0.2, -0.15) is 0 Å². The van der Waals surface area contributed by atoms with Gasteiger partial charge in [-0.1, -0.05) is 87.7 Å². The van der Waals surface area contributed by atoms with Gasteiger partial charge in [0.05, 0.1) is 0 Å². The van der Waals surface area contributed by atoms with E-state index in [2.05, 4.69) is 56.3 Å². The quantitative estimate of drug-likeness (QED) is 0.243. The summed E-state index contributed by atoms with van der Waals surface area (Å²) in [5.74, 6) is -0.860. The fourth-order valence-corrected chi connectivity index (χ4v) is 4.59. The largest absolute Gasteiger partial charge is 0.203 e. The van der Waals surface area contributed by atoms with Crippen molar-refractivity contribution >= 4 is 5.57 Å². The molecule has 0 N–H and O–H groups in total. The third-order valence-corrected chi connectivity index (χ3v) is 6.64. The van der Waals surface area contributed by atoms with Gasteiger partial charge in [-0.05, 0) is 79.5 Å². The third kappa shape index (κ3) is 6.64. The molecule has 1 aliphatic carbocycles. The van der Waals surface area contributed by atoms with E-state index in [1.165, 1.54) is 17.5 Å². The van der Waals surface area contributed by atoms with Crippen LogP contribution in [-0.4, -0.2) is 0 Å². The van der Waals surface area contributed by atoms with Crippen LogP contribution in [0.2, 0.25) is 0 Å². The van der Waals surface area contributed by atoms with Crippen LogP contribution in [0, 0.1) is 11.6 Å². The molecule has 0 aliphatic heterocycles. The fourth-order valence-electron chi connectivity index (χ4n) is 4.59. The number of unbranched alkanes of at least 4 members (excludes halogenated alkanes) is 3. The van der Waals surface area contributed by atoms with E-state index in [1.54, 1.807) is 12.1 Å². The fraction of sp³-hybridized carbons (Fsp3) is 0.467. The molecule has 0 nitrogen and oxygen atoms in total. The normalized spacial score (nSPS) is 16.5. The number of hydrogen-bond acceptors (Lipinski definition) is 0. The second-order valence-corrected chi connectivity index (χ2v) is 9.10. The van der Waals surface area contributed by atoms with E-state index in [-0.39, 0.29) is 0 Å². The van der Waals surface area contributed by atoms with Crippen molar-refractivity contribution in [1.29, 1.82) is 0 Å². The van der Waals surface area contributed by atoms with E-state index in [4.69, 9.17) is 0 Å². The van der Waals surface area contributed by atoms with Crippen molar-refractivity contribution < 1.29 is 8.78 Å². The van der Waals surface area contributed by atoms with Gasteiger partial charge in [-0.25, -0.2) is 8.78 Å². The van der Waals surface area contributed by atoms with Crippen molar-refractivity contribution in [3.63, 3.8) is 0 Å². The van der Waals surface area contributed by atoms with Crippen molar-refractivity contribution in [2.45, 2.75) is 90.4 Å². The summed E-state index contributed by atoms with van der Waals surface area (Å²) in [6, 6.07) is 12.6. The minimum absolute atomic E-state index is 0.451. The monoisotopic (exact) mass is 436 g/mol. The van der Waals surface area contributed by atoms with Gasteiger partial charge >= 0.3 is 0 Å². The van der Waals surface area contributed by atoms with E-state index in [0.29, 0.717) is 23.5 Å². The molecule has 1 aliphatic rings. The maximum atomic E-state index is 14.8. The van der Waals surface area contributed by atoms with Crippen LogP contribution in [0.1, 0.15) is 99.8 Å². The molecule has 0 radical (unpaired) electrons. The lowest BCUT2D eigenvalue weighted by atomic mass is 9.82. The summed E-state index contributed by atoms with van der Waals surface area (Å²) in [6.07, 6.45) is 17.5. The summed E-state index contributed by atoms with van der Waals surface area (Å²) >= 11 is 0. The summed E-state index contributed by atoms with van der Waals surface area (Å²) < 4.78 is 29.3. The number of benzene rings is 2. The first kappa shape index (κ1) is 24.4. The van der Waals surface area contributed by atoms with Crippen LogP contribution in [0.15, 0.2) is 54.6 Å². The Bertz CT molecular complexity index is 905. The van der Waals surface area contributed by atoms with Gasteiger partial charge in [0.15, 0.2) is 11.6 Å². The predicted molar refractivity (Wildman–Crippen MR) is 133 cm³/mol. The zero-order chi connectivity index (χ0) is 22.8. The van der Waals surface area contributed by atoms with E-state index in [9.17, 15) is 8.78 Å². The molecule has 0 spiro atoms. The van der Waals surface area contributed by atoms with E-state index in [0.717, 1.165) is 63.4 Å². The van der Waals surface area contributed by atoms with Crippen molar-refractivity contribution in [3.8, 4) is 0 Å². The number of halogens is 2. The molecule has 2 aromatic rings. The van der Waals surface area contributed by atoms with Crippen LogP contribution in [-0.2, 0) is 12.8 Å². The van der Waals surface area contributed by atoms with Gasteiger partial charge in [0.1, 0.15) is 0 Å². The minimum Gasteiger partial charge on any atom is -0.203 e. The number of allylic oxidation sites excluding steroid dienone is 4. The Morgan fingerprint density at radius 2 is 1.62 bits per heavy atom. The summed E-state index contributed by atoms with van der Waals surface area (Å²) in [7, 11) is 0. The highest BCUT2D eigenvalue weighted by atomic mass is 19.2. The molecule has 2 aromatic carbocycles. The standard InChI is InChI=1S/C30H38F2/c1-3-5-7-8-10-11-23-13-15-24(16-14-23)25-17-19-26(20-18-25)28-22-21-27(12-9-6-4-2)29(31)30(28)32/h7-8,13-16,19,21-22,25H,3-6,9-12,17-18,20H2,1-2H3. The predicted octanol–water partition coefficient (Wildman–Crippen LogP) is 9.34. The van der Waals surface area contributed by atoms with Crippen LogP contribution in [0.25, 0.3) is 5.57 Å². The minimum atomic E-state index is -0.666. The Morgan fingerprint density at radius 1 is 0.844 bits per heavy atom. The first-order valence-electron chi connectivity index (χ1n) is 12.5. The number of aryl methyl sites for hydroxylation is 2. The zero-order valence-electron chi connectivity index (χ0n) is 19.8. The average Bonchev–Trinajstić information content (AvgIpc) is 2.82. The molecular weight excluding hydrogens is 398 g/mol. The van der Waals surface area contributed by atoms with Gasteiger partial charge in [-0.15, -0.1) is 0 Å². The van der Waals surface area contributed by atoms with Crippen LogP contribution in [0.3, 0.4) is 0 Å². The molecule has 0 bridgehead atoms. The first-order chi connectivity index (χ1) is 15.6. The van der Waals surface area contributed by atoms with Crippen molar-refractivity contribution in [2.24, 2.45) is 0 Å². The molecule has 0 aromatic heterocycles. The smallest absolute Gasteiger partial charge is 0.166 e. The first-order valence-corrected chi connectivity index (χ1v) is 12.5. The Labute approximate surface area is 193 Å². The molecule has 0 heterocycles. The zero-order valence-corrected chi connectivity index (χ0v) is 19.8. The van der Waals surface area contributed by atoms with Crippen LogP contribution >= 0.6 is 0 Å². The molecule has 1 unspecified atom stereocenters. The lowest BCUT2D eigenvalue weighted by molar-refractivity contribution is 0.492. The van der Waals surface area contributed by atoms with Gasteiger partial charge in [0.2, 0.25) is 0 Å². The molecule has 0 saturated carbocycles. The number of hydrogen-bond donors (Lipinski definition) is 0. The number of rotatable bonds is 11. The summed E-state index contributed by atoms with van der Waals surface area (Å²) in [4.78, 5) is 0. The Balaban J connectivity index is 1.59. The molecule has 0 fully saturated rings. The summed E-state index contributed by atoms with van der Waals surface area (Å²) in [6.45, 7) is 4.32. The molecule has 3 rings (SSSR count). The van der Waals surface area contributed by atoms with Gasteiger partial charge in [-0.3, -0.25) is 0 Å². The van der Waals surface area contributed by atoms with E-state index >= 15 is 0 Å². The van der Waals surface area contributed by atoms with Gasteiger partial charge in [0, 0.05) is 5.56 Å². The summed E-state index contributed by atoms with van der Waals surface area (Å²) in [5.41, 5.74) is 4.64. The highest BCUT2D eigenvalue weighted by Gasteiger charge is 2.21.